The van der Waals surface area contributed by atoms with E-state index in [1.54, 1.807) is 13.0 Å². The van der Waals surface area contributed by atoms with Crippen molar-refractivity contribution in [3.8, 4) is 0 Å². The van der Waals surface area contributed by atoms with Gasteiger partial charge in [-0.3, -0.25) is 9.47 Å². The van der Waals surface area contributed by atoms with Crippen LogP contribution in [0.1, 0.15) is 57.1 Å². The van der Waals surface area contributed by atoms with Gasteiger partial charge in [0.05, 0.1) is 17.1 Å². The van der Waals surface area contributed by atoms with Crippen molar-refractivity contribution in [3.63, 3.8) is 0 Å². The van der Waals surface area contributed by atoms with Crippen LogP contribution in [0.5, 0.6) is 0 Å². The molecule has 1 aliphatic carbocycles. The van der Waals surface area contributed by atoms with E-state index in [2.05, 4.69) is 16.8 Å². The van der Waals surface area contributed by atoms with E-state index in [4.69, 9.17) is 4.74 Å². The third-order valence-electron chi connectivity index (χ3n) is 6.93. The Labute approximate surface area is 159 Å². The van der Waals surface area contributed by atoms with E-state index < -0.39 is 0 Å². The number of aromatic nitrogens is 2. The highest BCUT2D eigenvalue weighted by Crippen LogP contribution is 2.37. The maximum atomic E-state index is 13.8. The van der Waals surface area contributed by atoms with Gasteiger partial charge in [-0.15, -0.1) is 0 Å². The predicted octanol–water partition coefficient (Wildman–Crippen LogP) is 3.76. The number of benzene rings is 1. The number of halogens is 1. The molecule has 1 saturated carbocycles. The Morgan fingerprint density at radius 2 is 1.85 bits per heavy atom. The summed E-state index contributed by atoms with van der Waals surface area (Å²) >= 11 is 0. The molecule has 1 aliphatic heterocycles. The Morgan fingerprint density at radius 1 is 1.19 bits per heavy atom. The molecule has 0 radical (unpaired) electrons. The molecule has 2 fully saturated rings. The number of ether oxygens (including phenoxy) is 1. The summed E-state index contributed by atoms with van der Waals surface area (Å²) in [6.07, 6.45) is 6.89. The summed E-state index contributed by atoms with van der Waals surface area (Å²) in [6, 6.07) is 3.40. The maximum absolute atomic E-state index is 13.8. The van der Waals surface area contributed by atoms with E-state index in [1.807, 2.05) is 11.7 Å². The van der Waals surface area contributed by atoms with E-state index in [-0.39, 0.29) is 23.1 Å². The van der Waals surface area contributed by atoms with Gasteiger partial charge in [-0.1, -0.05) is 0 Å². The zero-order valence-electron chi connectivity index (χ0n) is 16.6. The van der Waals surface area contributed by atoms with Crippen molar-refractivity contribution in [3.05, 3.63) is 34.0 Å². The number of likely N-dealkylation sites (tertiary alicyclic amines) is 1. The minimum absolute atomic E-state index is 0.125. The van der Waals surface area contributed by atoms with Gasteiger partial charge in [0.25, 0.3) is 0 Å². The lowest BCUT2D eigenvalue weighted by atomic mass is 9.79. The van der Waals surface area contributed by atoms with Gasteiger partial charge < -0.3 is 9.72 Å². The zero-order chi connectivity index (χ0) is 19.2. The summed E-state index contributed by atoms with van der Waals surface area (Å²) in [4.78, 5) is 18.0. The van der Waals surface area contributed by atoms with Crippen LogP contribution in [0.2, 0.25) is 0 Å². The number of rotatable bonds is 3. The van der Waals surface area contributed by atoms with Crippen LogP contribution >= 0.6 is 0 Å². The van der Waals surface area contributed by atoms with Gasteiger partial charge in [-0.05, 0) is 70.1 Å². The van der Waals surface area contributed by atoms with Crippen LogP contribution in [0.15, 0.2) is 16.9 Å². The van der Waals surface area contributed by atoms with Gasteiger partial charge in [-0.25, -0.2) is 9.18 Å². The summed E-state index contributed by atoms with van der Waals surface area (Å²) < 4.78 is 21.2. The van der Waals surface area contributed by atoms with Crippen molar-refractivity contribution in [2.45, 2.75) is 70.1 Å². The molecule has 27 heavy (non-hydrogen) atoms. The fraction of sp³-hybridized carbons (Fsp3) is 0.667. The van der Waals surface area contributed by atoms with E-state index in [0.29, 0.717) is 17.2 Å². The number of imidazole rings is 1. The average Bonchev–Trinajstić information content (AvgIpc) is 2.97. The molecule has 2 aromatic rings. The molecule has 4 rings (SSSR count). The number of nitrogens with zero attached hydrogens (tertiary/aromatic N) is 2. The first-order valence-electron chi connectivity index (χ1n) is 10.1. The van der Waals surface area contributed by atoms with Crippen LogP contribution in [0.25, 0.3) is 11.0 Å². The van der Waals surface area contributed by atoms with Crippen molar-refractivity contribution in [2.24, 2.45) is 0 Å². The summed E-state index contributed by atoms with van der Waals surface area (Å²) in [5, 5.41) is 0. The van der Waals surface area contributed by atoms with Crippen molar-refractivity contribution >= 4 is 11.0 Å². The first-order valence-corrected chi connectivity index (χ1v) is 10.1. The van der Waals surface area contributed by atoms with Crippen LogP contribution in [0, 0.1) is 12.7 Å². The quantitative estimate of drug-likeness (QED) is 0.889. The lowest BCUT2D eigenvalue weighted by molar-refractivity contribution is -0.0146. The van der Waals surface area contributed by atoms with E-state index >= 15 is 0 Å². The second kappa shape index (κ2) is 7.06. The lowest BCUT2D eigenvalue weighted by Gasteiger charge is -2.48. The number of H-pyrrole nitrogens is 1. The molecule has 1 aromatic carbocycles. The van der Waals surface area contributed by atoms with Crippen molar-refractivity contribution < 1.29 is 9.13 Å². The van der Waals surface area contributed by atoms with Crippen molar-refractivity contribution in [1.82, 2.24) is 14.5 Å². The third kappa shape index (κ3) is 3.34. The molecule has 2 heterocycles. The SMILES string of the molecule is COC1CCC(C)(N2CCC(n3c(=O)[nH]c4cc(F)c(C)cc43)CC2)CC1. The third-order valence-corrected chi connectivity index (χ3v) is 6.93. The van der Waals surface area contributed by atoms with Crippen LogP contribution in [0.3, 0.4) is 0 Å². The standard InChI is InChI=1S/C21H30FN3O2/c1-14-12-19-18(13-17(14)22)23-20(26)25(19)15-6-10-24(11-7-15)21(2)8-4-16(27-3)5-9-21/h12-13,15-16H,4-11H2,1-3H3,(H,23,26). The predicted molar refractivity (Wildman–Crippen MR) is 105 cm³/mol. The number of fused-ring (bicyclic) bond motifs is 1. The summed E-state index contributed by atoms with van der Waals surface area (Å²) in [5.41, 5.74) is 2.11. The van der Waals surface area contributed by atoms with Gasteiger partial charge in [0, 0.05) is 31.8 Å². The highest BCUT2D eigenvalue weighted by molar-refractivity contribution is 5.76. The topological polar surface area (TPSA) is 50.3 Å². The van der Waals surface area contributed by atoms with Crippen LogP contribution in [-0.2, 0) is 4.74 Å². The smallest absolute Gasteiger partial charge is 0.326 e. The molecule has 0 spiro atoms. The molecule has 0 atom stereocenters. The molecule has 2 aliphatic rings. The van der Waals surface area contributed by atoms with Gasteiger partial charge >= 0.3 is 5.69 Å². The second-order valence-corrected chi connectivity index (χ2v) is 8.57. The molecule has 1 aromatic heterocycles. The van der Waals surface area contributed by atoms with Crippen LogP contribution in [-0.4, -0.2) is 46.3 Å². The molecule has 0 amide bonds. The fourth-order valence-electron chi connectivity index (χ4n) is 5.04. The van der Waals surface area contributed by atoms with E-state index in [1.165, 1.54) is 18.9 Å². The number of piperidine rings is 1. The molecule has 0 unspecified atom stereocenters. The number of methoxy groups -OCH3 is 1. The lowest BCUT2D eigenvalue weighted by Crippen LogP contribution is -2.52. The fourth-order valence-corrected chi connectivity index (χ4v) is 5.04. The first-order chi connectivity index (χ1) is 12.9. The molecule has 6 heteroatoms. The Morgan fingerprint density at radius 3 is 2.48 bits per heavy atom. The number of aryl methyl sites for hydroxylation is 1. The molecule has 5 nitrogen and oxygen atoms in total. The maximum Gasteiger partial charge on any atom is 0.326 e. The number of hydrogen-bond donors (Lipinski definition) is 1. The monoisotopic (exact) mass is 375 g/mol. The molecule has 0 bridgehead atoms. The van der Waals surface area contributed by atoms with E-state index in [9.17, 15) is 9.18 Å². The summed E-state index contributed by atoms with van der Waals surface area (Å²) in [7, 11) is 1.81. The molecule has 1 N–H and O–H groups in total. The highest BCUT2D eigenvalue weighted by Gasteiger charge is 2.38. The van der Waals surface area contributed by atoms with Crippen molar-refractivity contribution in [2.75, 3.05) is 20.2 Å². The zero-order valence-corrected chi connectivity index (χ0v) is 16.6. The van der Waals surface area contributed by atoms with Gasteiger partial charge in [0.15, 0.2) is 0 Å². The average molecular weight is 375 g/mol. The molecular weight excluding hydrogens is 345 g/mol. The highest BCUT2D eigenvalue weighted by atomic mass is 19.1. The number of hydrogen-bond acceptors (Lipinski definition) is 3. The largest absolute Gasteiger partial charge is 0.381 e. The Hall–Kier alpha value is -1.66. The van der Waals surface area contributed by atoms with Gasteiger partial charge in [-0.2, -0.15) is 0 Å². The van der Waals surface area contributed by atoms with Gasteiger partial charge in [0.1, 0.15) is 5.82 Å². The Kier molecular flexibility index (Phi) is 4.89. The summed E-state index contributed by atoms with van der Waals surface area (Å²) in [6.45, 7) is 6.12. The second-order valence-electron chi connectivity index (χ2n) is 8.57. The molecule has 1 saturated heterocycles. The minimum Gasteiger partial charge on any atom is -0.381 e. The summed E-state index contributed by atoms with van der Waals surface area (Å²) in [5.74, 6) is -0.273. The van der Waals surface area contributed by atoms with Gasteiger partial charge in [0.2, 0.25) is 0 Å². The van der Waals surface area contributed by atoms with Crippen molar-refractivity contribution in [1.29, 1.82) is 0 Å². The van der Waals surface area contributed by atoms with Crippen LogP contribution < -0.4 is 5.69 Å². The molecular formula is C21H30FN3O2. The van der Waals surface area contributed by atoms with Crippen LogP contribution in [0.4, 0.5) is 4.39 Å². The Bertz CT molecular complexity index is 871. The first kappa shape index (κ1) is 18.7. The number of nitrogens with one attached hydrogen (secondary N) is 1. The Balaban J connectivity index is 1.50. The normalized spacial score (nSPS) is 28.1. The van der Waals surface area contributed by atoms with E-state index in [0.717, 1.165) is 44.3 Å². The minimum atomic E-state index is -0.273. The number of aromatic amines is 1. The molecule has 148 valence electrons.